The zero-order valence-corrected chi connectivity index (χ0v) is 4.39. The van der Waals surface area contributed by atoms with Gasteiger partial charge in [-0.1, -0.05) is 0 Å². The molecule has 2 nitrogen and oxygen atoms in total. The zero-order chi connectivity index (χ0) is 5.70. The van der Waals surface area contributed by atoms with E-state index in [0.717, 1.165) is 0 Å². The summed E-state index contributed by atoms with van der Waals surface area (Å²) in [4.78, 5) is 0. The zero-order valence-electron chi connectivity index (χ0n) is 4.39. The van der Waals surface area contributed by atoms with Crippen LogP contribution in [0.3, 0.4) is 0 Å². The summed E-state index contributed by atoms with van der Waals surface area (Å²) >= 11 is 0. The van der Waals surface area contributed by atoms with E-state index >= 15 is 0 Å². The second kappa shape index (κ2) is 3.68. The standard InChI is InChI=1S/C5H10O2/c1-5(7)3-2-4-6/h3,6-7H,2,4H2,1H3/b5-3-. The molecule has 0 unspecified atom stereocenters. The highest BCUT2D eigenvalue weighted by atomic mass is 16.3. The molecular formula is C5H10O2. The van der Waals surface area contributed by atoms with E-state index in [1.54, 1.807) is 13.0 Å². The van der Waals surface area contributed by atoms with Gasteiger partial charge in [0.05, 0.1) is 5.76 Å². The van der Waals surface area contributed by atoms with E-state index in [4.69, 9.17) is 10.2 Å². The monoisotopic (exact) mass is 102 g/mol. The Morgan fingerprint density at radius 3 is 2.43 bits per heavy atom. The lowest BCUT2D eigenvalue weighted by Gasteiger charge is -1.84. The molecule has 0 saturated carbocycles. The first-order chi connectivity index (χ1) is 3.27. The van der Waals surface area contributed by atoms with Gasteiger partial charge in [0.1, 0.15) is 0 Å². The molecule has 0 heterocycles. The summed E-state index contributed by atoms with van der Waals surface area (Å²) in [6, 6.07) is 0. The van der Waals surface area contributed by atoms with Crippen molar-refractivity contribution in [3.05, 3.63) is 11.8 Å². The van der Waals surface area contributed by atoms with Gasteiger partial charge in [-0.25, -0.2) is 0 Å². The third-order valence-corrected chi connectivity index (χ3v) is 0.569. The number of aliphatic hydroxyl groups excluding tert-OH is 2. The minimum atomic E-state index is 0.109. The first kappa shape index (κ1) is 6.50. The average Bonchev–Trinajstić information content (AvgIpc) is 1.61. The first-order valence-corrected chi connectivity index (χ1v) is 2.24. The number of hydrogen-bond donors (Lipinski definition) is 2. The number of rotatable bonds is 2. The van der Waals surface area contributed by atoms with Gasteiger partial charge in [0.15, 0.2) is 0 Å². The Morgan fingerprint density at radius 1 is 1.71 bits per heavy atom. The molecule has 0 amide bonds. The van der Waals surface area contributed by atoms with Crippen LogP contribution in [-0.2, 0) is 0 Å². The van der Waals surface area contributed by atoms with Gasteiger partial charge in [-0.3, -0.25) is 0 Å². The third-order valence-electron chi connectivity index (χ3n) is 0.569. The summed E-state index contributed by atoms with van der Waals surface area (Å²) < 4.78 is 0. The van der Waals surface area contributed by atoms with Crippen molar-refractivity contribution in [3.63, 3.8) is 0 Å². The van der Waals surface area contributed by atoms with Crippen LogP contribution in [-0.4, -0.2) is 16.8 Å². The van der Waals surface area contributed by atoms with Crippen molar-refractivity contribution >= 4 is 0 Å². The van der Waals surface area contributed by atoms with Crippen molar-refractivity contribution in [3.8, 4) is 0 Å². The highest BCUT2D eigenvalue weighted by molar-refractivity contribution is 4.84. The molecule has 0 aromatic rings. The number of aliphatic hydroxyl groups is 2. The molecule has 0 aliphatic carbocycles. The van der Waals surface area contributed by atoms with Gasteiger partial charge in [-0.05, 0) is 19.4 Å². The average molecular weight is 102 g/mol. The lowest BCUT2D eigenvalue weighted by Crippen LogP contribution is -1.77. The molecule has 42 valence electrons. The first-order valence-electron chi connectivity index (χ1n) is 2.24. The van der Waals surface area contributed by atoms with Gasteiger partial charge in [-0.2, -0.15) is 0 Å². The summed E-state index contributed by atoms with van der Waals surface area (Å²) in [6.45, 7) is 1.69. The van der Waals surface area contributed by atoms with Crippen molar-refractivity contribution in [2.24, 2.45) is 0 Å². The molecule has 2 heteroatoms. The van der Waals surface area contributed by atoms with Crippen LogP contribution in [0.1, 0.15) is 13.3 Å². The van der Waals surface area contributed by atoms with Crippen LogP contribution in [0.25, 0.3) is 0 Å². The van der Waals surface area contributed by atoms with Crippen LogP contribution in [0.15, 0.2) is 11.8 Å². The lowest BCUT2D eigenvalue weighted by atomic mass is 10.4. The molecule has 0 bridgehead atoms. The van der Waals surface area contributed by atoms with Crippen LogP contribution in [0, 0.1) is 0 Å². The SMILES string of the molecule is C/C(O)=C/CCO. The van der Waals surface area contributed by atoms with Crippen molar-refractivity contribution in [2.45, 2.75) is 13.3 Å². The largest absolute Gasteiger partial charge is 0.513 e. The second-order valence-electron chi connectivity index (χ2n) is 1.36. The molecule has 0 aliphatic heterocycles. The van der Waals surface area contributed by atoms with Crippen molar-refractivity contribution < 1.29 is 10.2 Å². The Balaban J connectivity index is 3.08. The van der Waals surface area contributed by atoms with Crippen LogP contribution >= 0.6 is 0 Å². The lowest BCUT2D eigenvalue weighted by molar-refractivity contribution is 0.299. The molecule has 0 atom stereocenters. The number of hydrogen-bond acceptors (Lipinski definition) is 2. The fourth-order valence-electron chi connectivity index (χ4n) is 0.273. The van der Waals surface area contributed by atoms with Crippen LogP contribution < -0.4 is 0 Å². The number of allylic oxidation sites excluding steroid dienone is 1. The van der Waals surface area contributed by atoms with Crippen LogP contribution in [0.5, 0.6) is 0 Å². The molecule has 0 aromatic carbocycles. The summed E-state index contributed by atoms with van der Waals surface area (Å²) in [5, 5.41) is 16.6. The van der Waals surface area contributed by atoms with Gasteiger partial charge < -0.3 is 10.2 Å². The van der Waals surface area contributed by atoms with Crippen molar-refractivity contribution in [2.75, 3.05) is 6.61 Å². The van der Waals surface area contributed by atoms with Gasteiger partial charge in [0.2, 0.25) is 0 Å². The fourth-order valence-corrected chi connectivity index (χ4v) is 0.273. The molecule has 7 heavy (non-hydrogen) atoms. The van der Waals surface area contributed by atoms with E-state index in [-0.39, 0.29) is 12.4 Å². The Bertz CT molecular complexity index is 62.5. The smallest absolute Gasteiger partial charge is 0.0852 e. The summed E-state index contributed by atoms with van der Waals surface area (Å²) in [6.07, 6.45) is 2.11. The van der Waals surface area contributed by atoms with Gasteiger partial charge >= 0.3 is 0 Å². The molecular weight excluding hydrogens is 92.1 g/mol. The predicted molar refractivity (Wildman–Crippen MR) is 28.1 cm³/mol. The fraction of sp³-hybridized carbons (Fsp3) is 0.600. The maximum absolute atomic E-state index is 8.43. The highest BCUT2D eigenvalue weighted by Gasteiger charge is 1.76. The Hall–Kier alpha value is -0.500. The normalized spacial score (nSPS) is 12.0. The van der Waals surface area contributed by atoms with Gasteiger partial charge in [-0.15, -0.1) is 0 Å². The van der Waals surface area contributed by atoms with Crippen LogP contribution in [0.2, 0.25) is 0 Å². The molecule has 0 spiro atoms. The van der Waals surface area contributed by atoms with Gasteiger partial charge in [0.25, 0.3) is 0 Å². The summed E-state index contributed by atoms with van der Waals surface area (Å²) in [7, 11) is 0. The maximum atomic E-state index is 8.43. The van der Waals surface area contributed by atoms with E-state index in [0.29, 0.717) is 6.42 Å². The summed E-state index contributed by atoms with van der Waals surface area (Å²) in [5.74, 6) is 0.272. The predicted octanol–water partition coefficient (Wildman–Crippen LogP) is 0.831. The van der Waals surface area contributed by atoms with Gasteiger partial charge in [0, 0.05) is 6.61 Å². The van der Waals surface area contributed by atoms with Crippen LogP contribution in [0.4, 0.5) is 0 Å². The van der Waals surface area contributed by atoms with E-state index in [2.05, 4.69) is 0 Å². The molecule has 2 N–H and O–H groups in total. The van der Waals surface area contributed by atoms with Crippen molar-refractivity contribution in [1.82, 2.24) is 0 Å². The van der Waals surface area contributed by atoms with E-state index in [1.165, 1.54) is 0 Å². The van der Waals surface area contributed by atoms with Crippen molar-refractivity contribution in [1.29, 1.82) is 0 Å². The summed E-state index contributed by atoms with van der Waals surface area (Å²) in [5.41, 5.74) is 0. The Labute approximate surface area is 43.1 Å². The molecule has 0 fully saturated rings. The molecule has 0 saturated heterocycles. The van der Waals surface area contributed by atoms with E-state index in [9.17, 15) is 0 Å². The molecule has 0 aliphatic rings. The quantitative estimate of drug-likeness (QED) is 0.507. The maximum Gasteiger partial charge on any atom is 0.0852 e. The van der Waals surface area contributed by atoms with E-state index < -0.39 is 0 Å². The minimum Gasteiger partial charge on any atom is -0.513 e. The molecule has 0 aromatic heterocycles. The van der Waals surface area contributed by atoms with E-state index in [1.807, 2.05) is 0 Å². The highest BCUT2D eigenvalue weighted by Crippen LogP contribution is 1.86. The third kappa shape index (κ3) is 5.50. The Morgan fingerprint density at radius 2 is 2.29 bits per heavy atom. The topological polar surface area (TPSA) is 40.5 Å². The second-order valence-corrected chi connectivity index (χ2v) is 1.36. The Kier molecular flexibility index (Phi) is 3.42. The molecule has 0 radical (unpaired) electrons. The molecule has 0 rings (SSSR count). The minimum absolute atomic E-state index is 0.109.